The summed E-state index contributed by atoms with van der Waals surface area (Å²) in [4.78, 5) is 35.9. The molecule has 0 spiro atoms. The Morgan fingerprint density at radius 1 is 1.04 bits per heavy atom. The van der Waals surface area contributed by atoms with Crippen LogP contribution in [0.25, 0.3) is 0 Å². The number of hydrogen-bond acceptors (Lipinski definition) is 3. The summed E-state index contributed by atoms with van der Waals surface area (Å²) >= 11 is 0. The number of aliphatic carboxylic acids is 1. The molecule has 2 N–H and O–H groups in total. The van der Waals surface area contributed by atoms with Crippen molar-refractivity contribution in [2.24, 2.45) is 23.2 Å². The number of carboxylic acid groups (broad SMARTS) is 1. The van der Waals surface area contributed by atoms with E-state index < -0.39 is 17.4 Å². The molecule has 0 aliphatic heterocycles. The van der Waals surface area contributed by atoms with E-state index in [2.05, 4.69) is 19.2 Å². The first-order chi connectivity index (χ1) is 10.4. The predicted octanol–water partition coefficient (Wildman–Crippen LogP) is 3.27. The molecule has 134 valence electrons. The Balaban J connectivity index is 5.14. The lowest BCUT2D eigenvalue weighted by Gasteiger charge is -2.28. The number of amides is 1. The number of carbonyl (C=O) groups is 3. The summed E-state index contributed by atoms with van der Waals surface area (Å²) < 4.78 is 0. The lowest BCUT2D eigenvalue weighted by Crippen LogP contribution is -2.48. The molecule has 5 nitrogen and oxygen atoms in total. The van der Waals surface area contributed by atoms with Crippen LogP contribution in [-0.4, -0.2) is 28.8 Å². The number of ketones is 1. The van der Waals surface area contributed by atoms with E-state index >= 15 is 0 Å². The number of carbonyl (C=O) groups excluding carboxylic acids is 2. The van der Waals surface area contributed by atoms with Crippen LogP contribution in [0.4, 0.5) is 0 Å². The van der Waals surface area contributed by atoms with E-state index in [-0.39, 0.29) is 36.4 Å². The van der Waals surface area contributed by atoms with Crippen LogP contribution in [0, 0.1) is 23.2 Å². The normalized spacial score (nSPS) is 14.7. The third-order valence-electron chi connectivity index (χ3n) is 3.89. The lowest BCUT2D eigenvalue weighted by atomic mass is 9.83. The molecule has 5 heteroatoms. The summed E-state index contributed by atoms with van der Waals surface area (Å²) in [5.41, 5.74) is -0.623. The van der Waals surface area contributed by atoms with Gasteiger partial charge in [-0.25, -0.2) is 0 Å². The fraction of sp³-hybridized carbons (Fsp3) is 0.833. The van der Waals surface area contributed by atoms with Gasteiger partial charge in [-0.1, -0.05) is 48.5 Å². The van der Waals surface area contributed by atoms with E-state index in [4.69, 9.17) is 5.11 Å². The monoisotopic (exact) mass is 327 g/mol. The van der Waals surface area contributed by atoms with Gasteiger partial charge in [0, 0.05) is 17.8 Å². The van der Waals surface area contributed by atoms with E-state index in [1.54, 1.807) is 20.8 Å². The predicted molar refractivity (Wildman–Crippen MR) is 91.0 cm³/mol. The molecule has 1 amide bonds. The van der Waals surface area contributed by atoms with Crippen LogP contribution in [-0.2, 0) is 14.4 Å². The van der Waals surface area contributed by atoms with Crippen molar-refractivity contribution in [1.29, 1.82) is 0 Å². The second-order valence-electron chi connectivity index (χ2n) is 8.09. The summed E-state index contributed by atoms with van der Waals surface area (Å²) in [6.07, 6.45) is 0.742. The highest BCUT2D eigenvalue weighted by atomic mass is 16.4. The van der Waals surface area contributed by atoms with Gasteiger partial charge < -0.3 is 10.4 Å². The van der Waals surface area contributed by atoms with Crippen molar-refractivity contribution in [1.82, 2.24) is 5.32 Å². The van der Waals surface area contributed by atoms with Gasteiger partial charge in [-0.2, -0.15) is 0 Å². The minimum atomic E-state index is -0.964. The van der Waals surface area contributed by atoms with Crippen LogP contribution in [0.5, 0.6) is 0 Å². The topological polar surface area (TPSA) is 83.5 Å². The maximum Gasteiger partial charge on any atom is 0.303 e. The molecule has 0 aliphatic carbocycles. The number of Topliss-reactive ketones (excluding diaryl/α,β-unsaturated/α-hetero) is 1. The molecule has 23 heavy (non-hydrogen) atoms. The molecule has 0 aliphatic rings. The third-order valence-corrected chi connectivity index (χ3v) is 3.89. The van der Waals surface area contributed by atoms with Gasteiger partial charge in [-0.15, -0.1) is 0 Å². The number of rotatable bonds is 9. The van der Waals surface area contributed by atoms with E-state index in [1.165, 1.54) is 0 Å². The Kier molecular flexibility index (Phi) is 8.49. The summed E-state index contributed by atoms with van der Waals surface area (Å²) in [6, 6.07) is -0.744. The van der Waals surface area contributed by atoms with Gasteiger partial charge in [-0.05, 0) is 24.7 Å². The SMILES string of the molecule is CC(C)C[C@H](C(=O)N[C@@H](CCC(=O)O)C(=O)C(C)(C)C)C(C)C. The third kappa shape index (κ3) is 8.14. The molecule has 0 saturated heterocycles. The molecule has 2 atom stereocenters. The van der Waals surface area contributed by atoms with Crippen molar-refractivity contribution in [3.63, 3.8) is 0 Å². The summed E-state index contributed by atoms with van der Waals surface area (Å²) in [7, 11) is 0. The highest BCUT2D eigenvalue weighted by Gasteiger charge is 2.33. The van der Waals surface area contributed by atoms with Crippen molar-refractivity contribution >= 4 is 17.7 Å². The molecule has 0 saturated carbocycles. The van der Waals surface area contributed by atoms with E-state index in [0.29, 0.717) is 5.92 Å². The zero-order valence-electron chi connectivity index (χ0n) is 15.6. The van der Waals surface area contributed by atoms with Crippen molar-refractivity contribution in [2.75, 3.05) is 0 Å². The van der Waals surface area contributed by atoms with Crippen LogP contribution in [0.15, 0.2) is 0 Å². The number of carboxylic acids is 1. The fourth-order valence-electron chi connectivity index (χ4n) is 2.53. The largest absolute Gasteiger partial charge is 0.481 e. The maximum atomic E-state index is 12.6. The van der Waals surface area contributed by atoms with Crippen molar-refractivity contribution in [3.05, 3.63) is 0 Å². The molecule has 0 aromatic rings. The zero-order chi connectivity index (χ0) is 18.4. The molecule has 0 rings (SSSR count). The van der Waals surface area contributed by atoms with Crippen LogP contribution >= 0.6 is 0 Å². The molecule has 0 heterocycles. The first-order valence-electron chi connectivity index (χ1n) is 8.42. The molecular weight excluding hydrogens is 294 g/mol. The minimum absolute atomic E-state index is 0.126. The molecule has 0 unspecified atom stereocenters. The Bertz CT molecular complexity index is 421. The van der Waals surface area contributed by atoms with Crippen LogP contribution in [0.3, 0.4) is 0 Å². The van der Waals surface area contributed by atoms with Crippen LogP contribution < -0.4 is 5.32 Å². The van der Waals surface area contributed by atoms with Crippen LogP contribution in [0.2, 0.25) is 0 Å². The highest BCUT2D eigenvalue weighted by Crippen LogP contribution is 2.23. The first-order valence-corrected chi connectivity index (χ1v) is 8.42. The molecular formula is C18H33NO4. The maximum absolute atomic E-state index is 12.6. The standard InChI is InChI=1S/C18H33NO4/c1-11(2)10-13(12(3)4)17(23)19-14(8-9-15(20)21)16(22)18(5,6)7/h11-14H,8-10H2,1-7H3,(H,19,23)(H,20,21)/t13-,14-/m0/s1. The Labute approximate surface area is 140 Å². The Morgan fingerprint density at radius 3 is 1.91 bits per heavy atom. The lowest BCUT2D eigenvalue weighted by molar-refractivity contribution is -0.139. The average molecular weight is 327 g/mol. The summed E-state index contributed by atoms with van der Waals surface area (Å²) in [6.45, 7) is 13.4. The van der Waals surface area contributed by atoms with Gasteiger partial charge in [0.15, 0.2) is 5.78 Å². The number of nitrogens with one attached hydrogen (secondary N) is 1. The Hall–Kier alpha value is -1.39. The summed E-state index contributed by atoms with van der Waals surface area (Å²) in [5, 5.41) is 11.7. The summed E-state index contributed by atoms with van der Waals surface area (Å²) in [5.74, 6) is -0.865. The second kappa shape index (κ2) is 9.04. The zero-order valence-corrected chi connectivity index (χ0v) is 15.6. The van der Waals surface area contributed by atoms with Crippen molar-refractivity contribution in [2.45, 2.75) is 73.8 Å². The van der Waals surface area contributed by atoms with Gasteiger partial charge in [0.25, 0.3) is 0 Å². The molecule has 0 aromatic heterocycles. The fourth-order valence-corrected chi connectivity index (χ4v) is 2.53. The van der Waals surface area contributed by atoms with Gasteiger partial charge in [0.1, 0.15) is 0 Å². The minimum Gasteiger partial charge on any atom is -0.481 e. The van der Waals surface area contributed by atoms with Crippen molar-refractivity contribution in [3.8, 4) is 0 Å². The molecule has 0 bridgehead atoms. The van der Waals surface area contributed by atoms with Gasteiger partial charge in [0.05, 0.1) is 6.04 Å². The van der Waals surface area contributed by atoms with Gasteiger partial charge >= 0.3 is 5.97 Å². The average Bonchev–Trinajstić information content (AvgIpc) is 2.37. The van der Waals surface area contributed by atoms with Gasteiger partial charge in [-0.3, -0.25) is 14.4 Å². The smallest absolute Gasteiger partial charge is 0.303 e. The number of hydrogen-bond donors (Lipinski definition) is 2. The quantitative estimate of drug-likeness (QED) is 0.681. The molecule has 0 fully saturated rings. The first kappa shape index (κ1) is 21.6. The Morgan fingerprint density at radius 2 is 1.57 bits per heavy atom. The van der Waals surface area contributed by atoms with Gasteiger partial charge in [0.2, 0.25) is 5.91 Å². The van der Waals surface area contributed by atoms with Crippen molar-refractivity contribution < 1.29 is 19.5 Å². The molecule has 0 radical (unpaired) electrons. The van der Waals surface area contributed by atoms with E-state index in [9.17, 15) is 14.4 Å². The second-order valence-corrected chi connectivity index (χ2v) is 8.09. The van der Waals surface area contributed by atoms with E-state index in [1.807, 2.05) is 13.8 Å². The highest BCUT2D eigenvalue weighted by molar-refractivity contribution is 5.93. The van der Waals surface area contributed by atoms with E-state index in [0.717, 1.165) is 6.42 Å². The molecule has 0 aromatic carbocycles. The van der Waals surface area contributed by atoms with Crippen LogP contribution in [0.1, 0.15) is 67.7 Å².